The van der Waals surface area contributed by atoms with Gasteiger partial charge in [-0.2, -0.15) is 5.26 Å². The van der Waals surface area contributed by atoms with Gasteiger partial charge >= 0.3 is 5.97 Å². The lowest BCUT2D eigenvalue weighted by Crippen LogP contribution is -2.34. The first-order valence-corrected chi connectivity index (χ1v) is 9.20. The number of hydrogen-bond acceptors (Lipinski definition) is 5. The van der Waals surface area contributed by atoms with E-state index in [1.54, 1.807) is 40.9 Å². The topological polar surface area (TPSA) is 88.5 Å². The van der Waals surface area contributed by atoms with Crippen LogP contribution in [0.25, 0.3) is 5.88 Å². The number of carbonyl (C=O) groups is 2. The van der Waals surface area contributed by atoms with Crippen molar-refractivity contribution < 1.29 is 18.7 Å². The van der Waals surface area contributed by atoms with Crippen LogP contribution in [0.3, 0.4) is 0 Å². The van der Waals surface area contributed by atoms with Crippen LogP contribution in [0.2, 0.25) is 0 Å². The van der Waals surface area contributed by atoms with E-state index in [1.807, 2.05) is 43.3 Å². The lowest BCUT2D eigenvalue weighted by atomic mass is 10.1. The summed E-state index contributed by atoms with van der Waals surface area (Å²) in [5.74, 6) is -0.563. The maximum absolute atomic E-state index is 12.6. The van der Waals surface area contributed by atoms with Gasteiger partial charge in [-0.3, -0.25) is 9.36 Å². The van der Waals surface area contributed by atoms with E-state index in [0.717, 1.165) is 5.56 Å². The van der Waals surface area contributed by atoms with Crippen molar-refractivity contribution in [2.45, 2.75) is 20.4 Å². The summed E-state index contributed by atoms with van der Waals surface area (Å²) >= 11 is 0. The van der Waals surface area contributed by atoms with Crippen LogP contribution in [0.5, 0.6) is 0 Å². The van der Waals surface area contributed by atoms with Gasteiger partial charge in [-0.05, 0) is 31.5 Å². The number of nitrogens with zero attached hydrogens (tertiary/aromatic N) is 3. The van der Waals surface area contributed by atoms with Gasteiger partial charge in [-0.1, -0.05) is 30.3 Å². The van der Waals surface area contributed by atoms with Crippen LogP contribution in [-0.2, 0) is 16.1 Å². The zero-order chi connectivity index (χ0) is 20.8. The van der Waals surface area contributed by atoms with Crippen LogP contribution in [-0.4, -0.2) is 34.5 Å². The van der Waals surface area contributed by atoms with Crippen LogP contribution >= 0.6 is 0 Å². The van der Waals surface area contributed by atoms with E-state index in [4.69, 9.17) is 9.15 Å². The largest absolute Gasteiger partial charge is 0.452 e. The monoisotopic (exact) mass is 391 g/mol. The molecule has 0 unspecified atom stereocenters. The fourth-order valence-corrected chi connectivity index (χ4v) is 3.00. The van der Waals surface area contributed by atoms with E-state index < -0.39 is 12.6 Å². The minimum atomic E-state index is -0.759. The smallest absolute Gasteiger partial charge is 0.343 e. The summed E-state index contributed by atoms with van der Waals surface area (Å²) in [7, 11) is 0. The second kappa shape index (κ2) is 8.93. The molecule has 7 heteroatoms. The van der Waals surface area contributed by atoms with Crippen molar-refractivity contribution in [1.82, 2.24) is 9.47 Å². The van der Waals surface area contributed by atoms with Crippen LogP contribution < -0.4 is 0 Å². The molecular weight excluding hydrogens is 370 g/mol. The molecule has 0 aliphatic rings. The number of ether oxygens (including phenoxy) is 1. The number of likely N-dealkylation sites (N-methyl/N-ethyl adjacent to an activating group) is 1. The number of esters is 1. The van der Waals surface area contributed by atoms with Gasteiger partial charge in [-0.15, -0.1) is 0 Å². The van der Waals surface area contributed by atoms with Crippen molar-refractivity contribution in [2.75, 3.05) is 13.2 Å². The molecule has 3 aromatic rings. The van der Waals surface area contributed by atoms with E-state index in [9.17, 15) is 14.9 Å². The highest BCUT2D eigenvalue weighted by Crippen LogP contribution is 2.26. The Morgan fingerprint density at radius 3 is 2.48 bits per heavy atom. The zero-order valence-corrected chi connectivity index (χ0v) is 16.3. The predicted octanol–water partition coefficient (Wildman–Crippen LogP) is 3.46. The summed E-state index contributed by atoms with van der Waals surface area (Å²) in [6.07, 6.45) is 3.42. The van der Waals surface area contributed by atoms with Crippen molar-refractivity contribution in [3.63, 3.8) is 0 Å². The Morgan fingerprint density at radius 2 is 1.86 bits per heavy atom. The molecule has 148 valence electrons. The predicted molar refractivity (Wildman–Crippen MR) is 105 cm³/mol. The number of amides is 1. The fourth-order valence-electron chi connectivity index (χ4n) is 3.00. The molecule has 0 radical (unpaired) electrons. The molecule has 0 atom stereocenters. The van der Waals surface area contributed by atoms with Gasteiger partial charge in [0.05, 0.1) is 0 Å². The summed E-state index contributed by atoms with van der Waals surface area (Å²) in [6, 6.07) is 15.1. The molecule has 0 N–H and O–H groups in total. The first kappa shape index (κ1) is 20.0. The number of rotatable bonds is 7. The summed E-state index contributed by atoms with van der Waals surface area (Å²) in [6.45, 7) is 3.95. The SMILES string of the molecule is CCN(Cc1ccccc1)C(=O)COC(=O)c1c(C)oc(-n2cccc2)c1C#N. The highest BCUT2D eigenvalue weighted by Gasteiger charge is 2.26. The van der Waals surface area contributed by atoms with Gasteiger partial charge in [0.1, 0.15) is 23.0 Å². The van der Waals surface area contributed by atoms with Gasteiger partial charge in [0, 0.05) is 25.5 Å². The second-order valence-electron chi connectivity index (χ2n) is 6.39. The minimum Gasteiger partial charge on any atom is -0.452 e. The maximum atomic E-state index is 12.6. The molecule has 2 aromatic heterocycles. The average molecular weight is 391 g/mol. The maximum Gasteiger partial charge on any atom is 0.343 e. The molecule has 0 fully saturated rings. The lowest BCUT2D eigenvalue weighted by Gasteiger charge is -2.20. The Labute approximate surface area is 168 Å². The van der Waals surface area contributed by atoms with Gasteiger partial charge in [-0.25, -0.2) is 4.79 Å². The first-order valence-electron chi connectivity index (χ1n) is 9.20. The Morgan fingerprint density at radius 1 is 1.17 bits per heavy atom. The quantitative estimate of drug-likeness (QED) is 0.576. The van der Waals surface area contributed by atoms with Crippen molar-refractivity contribution in [2.24, 2.45) is 0 Å². The van der Waals surface area contributed by atoms with Crippen LogP contribution in [0.1, 0.15) is 34.2 Å². The molecule has 0 saturated carbocycles. The van der Waals surface area contributed by atoms with E-state index in [-0.39, 0.29) is 28.7 Å². The molecule has 1 aromatic carbocycles. The van der Waals surface area contributed by atoms with Gasteiger partial charge in [0.2, 0.25) is 5.88 Å². The highest BCUT2D eigenvalue weighted by atomic mass is 16.5. The molecule has 0 aliphatic carbocycles. The standard InChI is InChI=1S/C22H21N3O4/c1-3-24(14-17-9-5-4-6-10-17)19(26)15-28-22(27)20-16(2)29-21(18(20)13-23)25-11-7-8-12-25/h4-12H,3,14-15H2,1-2H3. The summed E-state index contributed by atoms with van der Waals surface area (Å²) < 4.78 is 12.4. The summed E-state index contributed by atoms with van der Waals surface area (Å²) in [4.78, 5) is 26.7. The van der Waals surface area contributed by atoms with E-state index >= 15 is 0 Å². The molecule has 0 aliphatic heterocycles. The Kier molecular flexibility index (Phi) is 6.15. The van der Waals surface area contributed by atoms with Gasteiger partial charge in [0.15, 0.2) is 6.61 Å². The zero-order valence-electron chi connectivity index (χ0n) is 16.3. The first-order chi connectivity index (χ1) is 14.0. The molecule has 7 nitrogen and oxygen atoms in total. The van der Waals surface area contributed by atoms with Crippen molar-refractivity contribution in [3.05, 3.63) is 77.3 Å². The van der Waals surface area contributed by atoms with Gasteiger partial charge < -0.3 is 14.1 Å². The van der Waals surface area contributed by atoms with Crippen LogP contribution in [0.15, 0.2) is 59.3 Å². The van der Waals surface area contributed by atoms with E-state index in [1.165, 1.54) is 0 Å². The molecule has 2 heterocycles. The Hall–Kier alpha value is -3.79. The van der Waals surface area contributed by atoms with Crippen molar-refractivity contribution in [1.29, 1.82) is 5.26 Å². The average Bonchev–Trinajstić information content (AvgIpc) is 3.38. The summed E-state index contributed by atoms with van der Waals surface area (Å²) in [5, 5.41) is 9.52. The van der Waals surface area contributed by atoms with Crippen molar-refractivity contribution in [3.8, 4) is 12.0 Å². The number of carbonyl (C=O) groups excluding carboxylic acids is 2. The molecular formula is C22H21N3O4. The Bertz CT molecular complexity index is 1030. The molecule has 1 amide bonds. The number of benzene rings is 1. The highest BCUT2D eigenvalue weighted by molar-refractivity contribution is 5.95. The molecule has 0 spiro atoms. The molecule has 3 rings (SSSR count). The number of hydrogen-bond donors (Lipinski definition) is 0. The minimum absolute atomic E-state index is 0.0371. The number of nitriles is 1. The molecule has 29 heavy (non-hydrogen) atoms. The van der Waals surface area contributed by atoms with E-state index in [0.29, 0.717) is 13.1 Å². The third-order valence-electron chi connectivity index (χ3n) is 4.50. The fraction of sp³-hybridized carbons (Fsp3) is 0.227. The summed E-state index contributed by atoms with van der Waals surface area (Å²) in [5.41, 5.74) is 1.10. The van der Waals surface area contributed by atoms with Gasteiger partial charge in [0.25, 0.3) is 5.91 Å². The second-order valence-corrected chi connectivity index (χ2v) is 6.39. The number of aromatic nitrogens is 1. The van der Waals surface area contributed by atoms with Crippen LogP contribution in [0.4, 0.5) is 0 Å². The third-order valence-corrected chi connectivity index (χ3v) is 4.50. The van der Waals surface area contributed by atoms with Crippen molar-refractivity contribution >= 4 is 11.9 Å². The van der Waals surface area contributed by atoms with Crippen LogP contribution in [0, 0.1) is 18.3 Å². The lowest BCUT2D eigenvalue weighted by molar-refractivity contribution is -0.134. The number of furan rings is 1. The molecule has 0 saturated heterocycles. The third kappa shape index (κ3) is 4.38. The normalized spacial score (nSPS) is 10.4. The Balaban J connectivity index is 1.70. The van der Waals surface area contributed by atoms with E-state index in [2.05, 4.69) is 0 Å². The molecule has 0 bridgehead atoms. The number of aryl methyl sites for hydroxylation is 1.